The van der Waals surface area contributed by atoms with Crippen molar-refractivity contribution in [3.05, 3.63) is 47.9 Å². The number of benzene rings is 1. The zero-order valence-corrected chi connectivity index (χ0v) is 12.2. The van der Waals surface area contributed by atoms with Crippen molar-refractivity contribution in [1.82, 2.24) is 9.97 Å². The molecule has 0 unspecified atom stereocenters. The summed E-state index contributed by atoms with van der Waals surface area (Å²) in [5.41, 5.74) is 2.29. The number of aromatic nitrogens is 2. The van der Waals surface area contributed by atoms with Gasteiger partial charge >= 0.3 is 0 Å². The Bertz CT molecular complexity index is 494. The molecular weight excluding hydrogens is 254 g/mol. The Kier molecular flexibility index (Phi) is 5.21. The number of anilines is 1. The van der Waals surface area contributed by atoms with Crippen LogP contribution in [0.5, 0.6) is 0 Å². The van der Waals surface area contributed by atoms with Crippen LogP contribution in [0.4, 0.5) is 5.82 Å². The van der Waals surface area contributed by atoms with Crippen LogP contribution in [0.1, 0.15) is 24.6 Å². The summed E-state index contributed by atoms with van der Waals surface area (Å²) in [6.07, 6.45) is 4.74. The summed E-state index contributed by atoms with van der Waals surface area (Å²) < 4.78 is 0. The minimum atomic E-state index is 0.851. The second-order valence-electron chi connectivity index (χ2n) is 4.42. The van der Waals surface area contributed by atoms with Gasteiger partial charge in [0.1, 0.15) is 5.82 Å². The van der Waals surface area contributed by atoms with Gasteiger partial charge < -0.3 is 5.32 Å². The number of hydrogen-bond donors (Lipinski definition) is 1. The van der Waals surface area contributed by atoms with Crippen molar-refractivity contribution in [3.8, 4) is 0 Å². The molecule has 1 N–H and O–H groups in total. The number of aryl methyl sites for hydroxylation is 1. The molecule has 100 valence electrons. The van der Waals surface area contributed by atoms with Gasteiger partial charge in [-0.1, -0.05) is 24.6 Å². The van der Waals surface area contributed by atoms with E-state index in [0.717, 1.165) is 30.2 Å². The Morgan fingerprint density at radius 1 is 1.11 bits per heavy atom. The maximum Gasteiger partial charge on any atom is 0.144 e. The molecule has 0 aliphatic heterocycles. The molecular formula is C15H19N3S. The first-order chi connectivity index (χ1) is 9.28. The Balaban J connectivity index is 1.87. The van der Waals surface area contributed by atoms with Gasteiger partial charge in [0.2, 0.25) is 0 Å². The van der Waals surface area contributed by atoms with Crippen molar-refractivity contribution < 1.29 is 0 Å². The van der Waals surface area contributed by atoms with E-state index < -0.39 is 0 Å². The molecule has 0 spiro atoms. The van der Waals surface area contributed by atoms with E-state index in [1.165, 1.54) is 10.5 Å². The van der Waals surface area contributed by atoms with E-state index in [4.69, 9.17) is 0 Å². The second-order valence-corrected chi connectivity index (χ2v) is 5.47. The van der Waals surface area contributed by atoms with Gasteiger partial charge in [0.25, 0.3) is 0 Å². The first kappa shape index (κ1) is 13.9. The van der Waals surface area contributed by atoms with Gasteiger partial charge in [-0.2, -0.15) is 0 Å². The molecule has 19 heavy (non-hydrogen) atoms. The minimum absolute atomic E-state index is 0.851. The highest BCUT2D eigenvalue weighted by Gasteiger charge is 1.99. The van der Waals surface area contributed by atoms with Gasteiger partial charge in [-0.15, -0.1) is 11.8 Å². The van der Waals surface area contributed by atoms with Crippen LogP contribution in [-0.2, 0) is 5.75 Å². The molecule has 0 saturated heterocycles. The fraction of sp³-hybridized carbons (Fsp3) is 0.333. The average molecular weight is 273 g/mol. The minimum Gasteiger partial charge on any atom is -0.369 e. The molecule has 3 nitrogen and oxygen atoms in total. The Hall–Kier alpha value is -1.55. The fourth-order valence-corrected chi connectivity index (χ4v) is 2.36. The van der Waals surface area contributed by atoms with E-state index in [-0.39, 0.29) is 0 Å². The van der Waals surface area contributed by atoms with Crippen molar-refractivity contribution in [1.29, 1.82) is 0 Å². The molecule has 2 aromatic rings. The molecule has 0 atom stereocenters. The topological polar surface area (TPSA) is 37.8 Å². The maximum absolute atomic E-state index is 4.42. The van der Waals surface area contributed by atoms with E-state index in [2.05, 4.69) is 53.4 Å². The zero-order chi connectivity index (χ0) is 13.5. The Morgan fingerprint density at radius 3 is 2.53 bits per heavy atom. The lowest BCUT2D eigenvalue weighted by Gasteiger charge is -2.05. The predicted molar refractivity (Wildman–Crippen MR) is 81.6 cm³/mol. The van der Waals surface area contributed by atoms with E-state index in [0.29, 0.717) is 0 Å². The number of thioether (sulfide) groups is 1. The maximum atomic E-state index is 4.42. The van der Waals surface area contributed by atoms with Crippen LogP contribution in [0.2, 0.25) is 0 Å². The molecule has 0 amide bonds. The molecule has 0 saturated carbocycles. The molecule has 0 radical (unpaired) electrons. The highest BCUT2D eigenvalue weighted by Crippen LogP contribution is 2.22. The predicted octanol–water partition coefficient (Wildman–Crippen LogP) is 3.90. The third kappa shape index (κ3) is 4.56. The van der Waals surface area contributed by atoms with Gasteiger partial charge in [-0.25, -0.2) is 4.98 Å². The lowest BCUT2D eigenvalue weighted by atomic mass is 10.2. The van der Waals surface area contributed by atoms with Crippen molar-refractivity contribution in [2.75, 3.05) is 11.9 Å². The van der Waals surface area contributed by atoms with Crippen molar-refractivity contribution in [2.24, 2.45) is 0 Å². The lowest BCUT2D eigenvalue weighted by Crippen LogP contribution is -2.02. The van der Waals surface area contributed by atoms with Crippen LogP contribution in [0.25, 0.3) is 0 Å². The van der Waals surface area contributed by atoms with Crippen LogP contribution in [0.15, 0.2) is 41.6 Å². The van der Waals surface area contributed by atoms with Crippen LogP contribution in [0, 0.1) is 6.92 Å². The highest BCUT2D eigenvalue weighted by molar-refractivity contribution is 7.98. The largest absolute Gasteiger partial charge is 0.369 e. The standard InChI is InChI=1S/C15H19N3S/c1-3-8-16-15-10-17-13(9-18-15)11-19-14-6-4-12(2)5-7-14/h4-7,9-10H,3,8,11H2,1-2H3,(H,16,18). The highest BCUT2D eigenvalue weighted by atomic mass is 32.2. The van der Waals surface area contributed by atoms with Crippen LogP contribution < -0.4 is 5.32 Å². The van der Waals surface area contributed by atoms with Crippen molar-refractivity contribution in [2.45, 2.75) is 30.9 Å². The molecule has 1 aromatic heterocycles. The lowest BCUT2D eigenvalue weighted by molar-refractivity contribution is 0.960. The molecule has 0 aliphatic rings. The molecule has 0 fully saturated rings. The summed E-state index contributed by atoms with van der Waals surface area (Å²) in [5.74, 6) is 1.70. The molecule has 0 bridgehead atoms. The summed E-state index contributed by atoms with van der Waals surface area (Å²) in [6.45, 7) is 5.17. The van der Waals surface area contributed by atoms with Gasteiger partial charge in [0, 0.05) is 17.2 Å². The smallest absolute Gasteiger partial charge is 0.144 e. The summed E-state index contributed by atoms with van der Waals surface area (Å²) in [4.78, 5) is 10.0. The van der Waals surface area contributed by atoms with Gasteiger partial charge in [-0.05, 0) is 25.5 Å². The number of rotatable bonds is 6. The first-order valence-corrected chi connectivity index (χ1v) is 7.50. The molecule has 0 aliphatic carbocycles. The Labute approximate surface area is 118 Å². The molecule has 1 aromatic carbocycles. The molecule has 1 heterocycles. The number of nitrogens with zero attached hydrogens (tertiary/aromatic N) is 2. The third-order valence-electron chi connectivity index (χ3n) is 2.67. The van der Waals surface area contributed by atoms with Crippen LogP contribution >= 0.6 is 11.8 Å². The zero-order valence-electron chi connectivity index (χ0n) is 11.4. The second kappa shape index (κ2) is 7.14. The summed E-state index contributed by atoms with van der Waals surface area (Å²) >= 11 is 1.78. The van der Waals surface area contributed by atoms with Crippen molar-refractivity contribution >= 4 is 17.6 Å². The van der Waals surface area contributed by atoms with Crippen LogP contribution in [0.3, 0.4) is 0 Å². The third-order valence-corrected chi connectivity index (χ3v) is 3.71. The van der Waals surface area contributed by atoms with Gasteiger partial charge in [0.05, 0.1) is 18.1 Å². The summed E-state index contributed by atoms with van der Waals surface area (Å²) in [6, 6.07) is 8.55. The van der Waals surface area contributed by atoms with Gasteiger partial charge in [0.15, 0.2) is 0 Å². The van der Waals surface area contributed by atoms with Gasteiger partial charge in [-0.3, -0.25) is 4.98 Å². The average Bonchev–Trinajstić information content (AvgIpc) is 2.46. The van der Waals surface area contributed by atoms with E-state index in [1.807, 2.05) is 6.20 Å². The summed E-state index contributed by atoms with van der Waals surface area (Å²) in [5, 5.41) is 3.22. The summed E-state index contributed by atoms with van der Waals surface area (Å²) in [7, 11) is 0. The normalized spacial score (nSPS) is 10.4. The SMILES string of the molecule is CCCNc1cnc(CSc2ccc(C)cc2)cn1. The van der Waals surface area contributed by atoms with E-state index in [9.17, 15) is 0 Å². The monoisotopic (exact) mass is 273 g/mol. The van der Waals surface area contributed by atoms with Crippen molar-refractivity contribution in [3.63, 3.8) is 0 Å². The quantitative estimate of drug-likeness (QED) is 0.810. The number of nitrogens with one attached hydrogen (secondary N) is 1. The van der Waals surface area contributed by atoms with Crippen LogP contribution in [-0.4, -0.2) is 16.5 Å². The molecule has 2 rings (SSSR count). The van der Waals surface area contributed by atoms with E-state index in [1.54, 1.807) is 18.0 Å². The molecule has 4 heteroatoms. The first-order valence-electron chi connectivity index (χ1n) is 6.52. The Morgan fingerprint density at radius 2 is 1.89 bits per heavy atom. The van der Waals surface area contributed by atoms with E-state index >= 15 is 0 Å². The fourth-order valence-electron chi connectivity index (χ4n) is 1.57. The number of hydrogen-bond acceptors (Lipinski definition) is 4.